The highest BCUT2D eigenvalue weighted by Gasteiger charge is 2.08. The molecule has 6 heteroatoms. The average Bonchev–Trinajstić information content (AvgIpc) is 2.53. The molecule has 0 aliphatic rings. The van der Waals surface area contributed by atoms with Crippen LogP contribution in [0.2, 0.25) is 0 Å². The summed E-state index contributed by atoms with van der Waals surface area (Å²) in [5.74, 6) is 0.000340. The van der Waals surface area contributed by atoms with E-state index in [0.717, 1.165) is 11.3 Å². The van der Waals surface area contributed by atoms with Crippen LogP contribution in [0, 0.1) is 12.7 Å². The Balaban J connectivity index is 1.94. The highest BCUT2D eigenvalue weighted by Crippen LogP contribution is 2.25. The first kappa shape index (κ1) is 13.9. The zero-order valence-electron chi connectivity index (χ0n) is 11.9. The summed E-state index contributed by atoms with van der Waals surface area (Å²) >= 11 is 0. The molecule has 3 rings (SSSR count). The quantitative estimate of drug-likeness (QED) is 0.725. The van der Waals surface area contributed by atoms with E-state index in [-0.39, 0.29) is 5.82 Å². The van der Waals surface area contributed by atoms with Crippen LogP contribution in [0.3, 0.4) is 0 Å². The largest absolute Gasteiger partial charge is 0.399 e. The molecule has 2 aromatic heterocycles. The van der Waals surface area contributed by atoms with E-state index in [0.29, 0.717) is 22.9 Å². The van der Waals surface area contributed by atoms with Crippen molar-refractivity contribution in [2.45, 2.75) is 6.92 Å². The summed E-state index contributed by atoms with van der Waals surface area (Å²) in [6, 6.07) is 8.47. The van der Waals surface area contributed by atoms with Crippen LogP contribution < -0.4 is 11.1 Å². The third-order valence-corrected chi connectivity index (χ3v) is 3.23. The monoisotopic (exact) mass is 295 g/mol. The van der Waals surface area contributed by atoms with E-state index in [4.69, 9.17) is 5.73 Å². The standard InChI is InChI=1S/C16H14FN5/c1-10-13(17)7-12(18)8-15(10)22-16-20-6-4-14(21-16)11-3-2-5-19-9-11/h2-9H,18H2,1H3,(H,20,21,22). The fourth-order valence-corrected chi connectivity index (χ4v) is 2.04. The molecule has 0 amide bonds. The van der Waals surface area contributed by atoms with E-state index in [1.165, 1.54) is 6.07 Å². The minimum atomic E-state index is -0.370. The number of nitrogens with one attached hydrogen (secondary N) is 1. The van der Waals surface area contributed by atoms with Gasteiger partial charge in [0.1, 0.15) is 5.82 Å². The highest BCUT2D eigenvalue weighted by molar-refractivity contribution is 5.66. The molecule has 0 spiro atoms. The second-order valence-corrected chi connectivity index (χ2v) is 4.81. The predicted molar refractivity (Wildman–Crippen MR) is 84.1 cm³/mol. The maximum atomic E-state index is 13.7. The number of nitrogen functional groups attached to an aromatic ring is 1. The number of aromatic nitrogens is 3. The van der Waals surface area contributed by atoms with Crippen LogP contribution in [0.4, 0.5) is 21.7 Å². The van der Waals surface area contributed by atoms with Crippen molar-refractivity contribution < 1.29 is 4.39 Å². The first-order valence-corrected chi connectivity index (χ1v) is 6.69. The van der Waals surface area contributed by atoms with E-state index < -0.39 is 0 Å². The van der Waals surface area contributed by atoms with Gasteiger partial charge < -0.3 is 11.1 Å². The number of rotatable bonds is 3. The van der Waals surface area contributed by atoms with Gasteiger partial charge in [-0.05, 0) is 37.3 Å². The lowest BCUT2D eigenvalue weighted by atomic mass is 10.1. The van der Waals surface area contributed by atoms with Crippen LogP contribution in [0.1, 0.15) is 5.56 Å². The molecule has 0 saturated heterocycles. The van der Waals surface area contributed by atoms with Crippen molar-refractivity contribution in [1.29, 1.82) is 0 Å². The smallest absolute Gasteiger partial charge is 0.227 e. The van der Waals surface area contributed by atoms with Gasteiger partial charge in [0.15, 0.2) is 0 Å². The van der Waals surface area contributed by atoms with Crippen LogP contribution in [0.5, 0.6) is 0 Å². The number of pyridine rings is 1. The molecule has 110 valence electrons. The third kappa shape index (κ3) is 2.85. The Kier molecular flexibility index (Phi) is 3.65. The summed E-state index contributed by atoms with van der Waals surface area (Å²) < 4.78 is 13.7. The Labute approximate surface area is 127 Å². The number of hydrogen-bond acceptors (Lipinski definition) is 5. The summed E-state index contributed by atoms with van der Waals surface area (Å²) in [7, 11) is 0. The molecule has 2 heterocycles. The average molecular weight is 295 g/mol. The Bertz CT molecular complexity index is 805. The minimum absolute atomic E-state index is 0.342. The fraction of sp³-hybridized carbons (Fsp3) is 0.0625. The molecule has 1 aromatic carbocycles. The van der Waals surface area contributed by atoms with Gasteiger partial charge in [-0.15, -0.1) is 0 Å². The summed E-state index contributed by atoms with van der Waals surface area (Å²) in [5, 5.41) is 3.00. The molecule has 5 nitrogen and oxygen atoms in total. The van der Waals surface area contributed by atoms with E-state index in [2.05, 4.69) is 20.3 Å². The molecule has 0 unspecified atom stereocenters. The molecule has 0 saturated carbocycles. The number of halogens is 1. The molecule has 22 heavy (non-hydrogen) atoms. The zero-order valence-corrected chi connectivity index (χ0v) is 11.9. The van der Waals surface area contributed by atoms with Gasteiger partial charge in [0.2, 0.25) is 5.95 Å². The van der Waals surface area contributed by atoms with Crippen molar-refractivity contribution >= 4 is 17.3 Å². The van der Waals surface area contributed by atoms with Gasteiger partial charge in [-0.1, -0.05) is 0 Å². The summed E-state index contributed by atoms with van der Waals surface area (Å²) in [6.07, 6.45) is 5.05. The van der Waals surface area contributed by atoms with Crippen LogP contribution in [0.15, 0.2) is 48.9 Å². The van der Waals surface area contributed by atoms with E-state index in [1.807, 2.05) is 12.1 Å². The molecule has 3 aromatic rings. The van der Waals surface area contributed by atoms with Crippen LogP contribution in [-0.4, -0.2) is 15.0 Å². The summed E-state index contributed by atoms with van der Waals surface area (Å²) in [4.78, 5) is 12.6. The molecular formula is C16H14FN5. The molecule has 0 radical (unpaired) electrons. The molecule has 0 aliphatic heterocycles. The van der Waals surface area contributed by atoms with Gasteiger partial charge >= 0.3 is 0 Å². The molecule has 3 N–H and O–H groups in total. The van der Waals surface area contributed by atoms with Gasteiger partial charge in [-0.25, -0.2) is 14.4 Å². The van der Waals surface area contributed by atoms with Crippen molar-refractivity contribution in [1.82, 2.24) is 15.0 Å². The van der Waals surface area contributed by atoms with Crippen LogP contribution in [-0.2, 0) is 0 Å². The SMILES string of the molecule is Cc1c(F)cc(N)cc1Nc1nccc(-c2cccnc2)n1. The lowest BCUT2D eigenvalue weighted by Gasteiger charge is -2.10. The second-order valence-electron chi connectivity index (χ2n) is 4.81. The first-order valence-electron chi connectivity index (χ1n) is 6.69. The molecular weight excluding hydrogens is 281 g/mol. The Morgan fingerprint density at radius 1 is 1.18 bits per heavy atom. The topological polar surface area (TPSA) is 76.7 Å². The second kappa shape index (κ2) is 5.77. The van der Waals surface area contributed by atoms with Crippen molar-refractivity contribution in [3.63, 3.8) is 0 Å². The normalized spacial score (nSPS) is 10.5. The van der Waals surface area contributed by atoms with Gasteiger partial charge in [0.25, 0.3) is 0 Å². The van der Waals surface area contributed by atoms with Crippen molar-refractivity contribution in [2.24, 2.45) is 0 Å². The number of benzene rings is 1. The zero-order chi connectivity index (χ0) is 15.5. The maximum absolute atomic E-state index is 13.7. The van der Waals surface area contributed by atoms with Crippen molar-refractivity contribution in [3.05, 3.63) is 60.3 Å². The van der Waals surface area contributed by atoms with Gasteiger partial charge in [-0.3, -0.25) is 4.98 Å². The number of hydrogen-bond donors (Lipinski definition) is 2. The van der Waals surface area contributed by atoms with Crippen molar-refractivity contribution in [2.75, 3.05) is 11.1 Å². The van der Waals surface area contributed by atoms with Gasteiger partial charge in [0.05, 0.1) is 5.69 Å². The van der Waals surface area contributed by atoms with Gasteiger partial charge in [0, 0.05) is 41.1 Å². The number of nitrogens with two attached hydrogens (primary N) is 1. The predicted octanol–water partition coefficient (Wildman–Crippen LogP) is 3.31. The minimum Gasteiger partial charge on any atom is -0.399 e. The molecule has 0 aliphatic carbocycles. The Morgan fingerprint density at radius 2 is 2.05 bits per heavy atom. The Morgan fingerprint density at radius 3 is 2.82 bits per heavy atom. The van der Waals surface area contributed by atoms with Gasteiger partial charge in [-0.2, -0.15) is 0 Å². The lowest BCUT2D eigenvalue weighted by molar-refractivity contribution is 0.620. The molecule has 0 atom stereocenters. The van der Waals surface area contributed by atoms with Crippen LogP contribution in [0.25, 0.3) is 11.3 Å². The third-order valence-electron chi connectivity index (χ3n) is 3.23. The highest BCUT2D eigenvalue weighted by atomic mass is 19.1. The van der Waals surface area contributed by atoms with E-state index in [9.17, 15) is 4.39 Å². The van der Waals surface area contributed by atoms with E-state index in [1.54, 1.807) is 37.6 Å². The molecule has 0 fully saturated rings. The number of nitrogens with zero attached hydrogens (tertiary/aromatic N) is 3. The summed E-state index contributed by atoms with van der Waals surface area (Å²) in [5.41, 5.74) is 8.63. The number of anilines is 3. The first-order chi connectivity index (χ1) is 10.6. The van der Waals surface area contributed by atoms with Crippen LogP contribution >= 0.6 is 0 Å². The van der Waals surface area contributed by atoms with E-state index >= 15 is 0 Å². The summed E-state index contributed by atoms with van der Waals surface area (Å²) in [6.45, 7) is 1.67. The fourth-order valence-electron chi connectivity index (χ4n) is 2.04. The Hall–Kier alpha value is -3.02. The van der Waals surface area contributed by atoms with Crippen molar-refractivity contribution in [3.8, 4) is 11.3 Å². The lowest BCUT2D eigenvalue weighted by Crippen LogP contribution is -2.02. The maximum Gasteiger partial charge on any atom is 0.227 e. The molecule has 0 bridgehead atoms.